The first-order valence-electron chi connectivity index (χ1n) is 5.46. The molecule has 17 heavy (non-hydrogen) atoms. The van der Waals surface area contributed by atoms with E-state index in [1.54, 1.807) is 6.92 Å². The molecule has 94 valence electrons. The van der Waals surface area contributed by atoms with Gasteiger partial charge in [0, 0.05) is 5.56 Å². The highest BCUT2D eigenvalue weighted by Crippen LogP contribution is 2.40. The molecule has 1 rings (SSSR count). The summed E-state index contributed by atoms with van der Waals surface area (Å²) in [5.41, 5.74) is 2.52. The molecule has 0 aromatic heterocycles. The van der Waals surface area contributed by atoms with Gasteiger partial charge in [0.1, 0.15) is 11.5 Å². The monoisotopic (exact) mass is 254 g/mol. The molecule has 0 spiro atoms. The number of hydrogen-bond acceptors (Lipinski definition) is 4. The molecule has 0 aliphatic carbocycles. The molecule has 2 N–H and O–H groups in total. The molecule has 0 bridgehead atoms. The zero-order valence-corrected chi connectivity index (χ0v) is 11.6. The second-order valence-corrected chi connectivity index (χ2v) is 4.75. The van der Waals surface area contributed by atoms with Gasteiger partial charge in [0.05, 0.1) is 12.7 Å². The Hall–Kier alpha value is -1.29. The fourth-order valence-corrected chi connectivity index (χ4v) is 2.26. The van der Waals surface area contributed by atoms with Crippen LogP contribution in [0.5, 0.6) is 11.5 Å². The predicted molar refractivity (Wildman–Crippen MR) is 72.0 cm³/mol. The average Bonchev–Trinajstić information content (AvgIpc) is 2.29. The number of aromatic hydroxyl groups is 2. The Morgan fingerprint density at radius 1 is 1.12 bits per heavy atom. The van der Waals surface area contributed by atoms with E-state index in [1.807, 2.05) is 20.8 Å². The maximum Gasteiger partial charge on any atom is 0.194 e. The Balaban J connectivity index is 3.72. The minimum atomic E-state index is 0.00338. The highest BCUT2D eigenvalue weighted by Gasteiger charge is 2.23. The molecular weight excluding hydrogens is 236 g/mol. The molecular formula is C13H18O3S. The maximum absolute atomic E-state index is 10.1. The number of phenolic OH excluding ortho intramolecular Hbond substituents is 2. The minimum Gasteiger partial charge on any atom is -0.507 e. The van der Waals surface area contributed by atoms with Crippen molar-refractivity contribution in [3.63, 3.8) is 0 Å². The van der Waals surface area contributed by atoms with Gasteiger partial charge in [-0.2, -0.15) is 0 Å². The second-order valence-electron chi connectivity index (χ2n) is 4.38. The smallest absolute Gasteiger partial charge is 0.194 e. The van der Waals surface area contributed by atoms with E-state index in [-0.39, 0.29) is 22.5 Å². The van der Waals surface area contributed by atoms with Gasteiger partial charge in [-0.15, -0.1) is 0 Å². The van der Waals surface area contributed by atoms with Gasteiger partial charge in [-0.1, -0.05) is 13.8 Å². The van der Waals surface area contributed by atoms with E-state index >= 15 is 0 Å². The first kappa shape index (κ1) is 13.8. The fourth-order valence-electron chi connectivity index (χ4n) is 2.05. The van der Waals surface area contributed by atoms with Crippen LogP contribution in [0.25, 0.3) is 0 Å². The third kappa shape index (κ3) is 2.22. The van der Waals surface area contributed by atoms with E-state index in [1.165, 1.54) is 7.11 Å². The summed E-state index contributed by atoms with van der Waals surface area (Å²) in [6, 6.07) is 0. The van der Waals surface area contributed by atoms with Gasteiger partial charge in [0.15, 0.2) is 5.05 Å². The number of phenols is 2. The summed E-state index contributed by atoms with van der Waals surface area (Å²) in [5, 5.41) is 20.3. The first-order valence-corrected chi connectivity index (χ1v) is 5.87. The molecule has 0 atom stereocenters. The largest absolute Gasteiger partial charge is 0.507 e. The lowest BCUT2D eigenvalue weighted by molar-refractivity contribution is 0.405. The van der Waals surface area contributed by atoms with Gasteiger partial charge in [-0.3, -0.25) is 0 Å². The SMILES string of the molecule is COC(=S)c1c(O)c(C)c(O)c(C)c1C(C)C. The summed E-state index contributed by atoms with van der Waals surface area (Å²) in [7, 11) is 1.48. The van der Waals surface area contributed by atoms with Gasteiger partial charge >= 0.3 is 0 Å². The van der Waals surface area contributed by atoms with Crippen molar-refractivity contribution < 1.29 is 14.9 Å². The molecule has 0 fully saturated rings. The van der Waals surface area contributed by atoms with E-state index in [2.05, 4.69) is 0 Å². The van der Waals surface area contributed by atoms with Crippen molar-refractivity contribution in [1.29, 1.82) is 0 Å². The molecule has 0 aliphatic rings. The molecule has 1 aromatic carbocycles. The number of hydrogen-bond donors (Lipinski definition) is 2. The fraction of sp³-hybridized carbons (Fsp3) is 0.462. The molecule has 3 nitrogen and oxygen atoms in total. The van der Waals surface area contributed by atoms with E-state index in [0.717, 1.165) is 11.1 Å². The summed E-state index contributed by atoms with van der Waals surface area (Å²) in [4.78, 5) is 0. The molecule has 0 heterocycles. The van der Waals surface area contributed by atoms with Crippen molar-refractivity contribution in [1.82, 2.24) is 0 Å². The Morgan fingerprint density at radius 2 is 1.65 bits per heavy atom. The van der Waals surface area contributed by atoms with Crippen molar-refractivity contribution in [2.24, 2.45) is 0 Å². The van der Waals surface area contributed by atoms with E-state index < -0.39 is 0 Å². The Labute approximate surface area is 107 Å². The van der Waals surface area contributed by atoms with Crippen LogP contribution in [-0.4, -0.2) is 22.4 Å². The van der Waals surface area contributed by atoms with Crippen LogP contribution in [0, 0.1) is 13.8 Å². The zero-order valence-electron chi connectivity index (χ0n) is 10.8. The zero-order chi connectivity index (χ0) is 13.3. The van der Waals surface area contributed by atoms with Crippen molar-refractivity contribution in [2.75, 3.05) is 7.11 Å². The molecule has 0 radical (unpaired) electrons. The lowest BCUT2D eigenvalue weighted by Gasteiger charge is -2.20. The van der Waals surface area contributed by atoms with Gasteiger partial charge in [0.25, 0.3) is 0 Å². The highest BCUT2D eigenvalue weighted by atomic mass is 32.1. The van der Waals surface area contributed by atoms with E-state index in [0.29, 0.717) is 11.1 Å². The topological polar surface area (TPSA) is 49.7 Å². The maximum atomic E-state index is 10.1. The molecule has 0 unspecified atom stereocenters. The number of thiocarbonyl (C=S) groups is 1. The number of methoxy groups -OCH3 is 1. The van der Waals surface area contributed by atoms with E-state index in [4.69, 9.17) is 17.0 Å². The number of benzene rings is 1. The molecule has 1 aromatic rings. The number of ether oxygens (including phenoxy) is 1. The number of rotatable bonds is 2. The standard InChI is InChI=1S/C13H18O3S/c1-6(2)9-7(3)11(14)8(4)12(15)10(9)13(17)16-5/h6,14-15H,1-5H3. The van der Waals surface area contributed by atoms with Gasteiger partial charge in [-0.25, -0.2) is 0 Å². The van der Waals surface area contributed by atoms with Crippen LogP contribution in [0.15, 0.2) is 0 Å². The van der Waals surface area contributed by atoms with Gasteiger partial charge < -0.3 is 14.9 Å². The summed E-state index contributed by atoms with van der Waals surface area (Å²) < 4.78 is 5.05. The molecule has 0 saturated carbocycles. The summed E-state index contributed by atoms with van der Waals surface area (Å²) in [5.74, 6) is 0.257. The molecule has 4 heteroatoms. The summed E-state index contributed by atoms with van der Waals surface area (Å²) >= 11 is 5.11. The predicted octanol–water partition coefficient (Wildman–Crippen LogP) is 3.16. The molecule has 0 aliphatic heterocycles. The van der Waals surface area contributed by atoms with Crippen molar-refractivity contribution >= 4 is 17.3 Å². The normalized spacial score (nSPS) is 10.7. The molecule has 0 saturated heterocycles. The second kappa shape index (κ2) is 4.92. The first-order chi connectivity index (χ1) is 7.82. The van der Waals surface area contributed by atoms with E-state index in [9.17, 15) is 10.2 Å². The lowest BCUT2D eigenvalue weighted by Crippen LogP contribution is -2.09. The lowest BCUT2D eigenvalue weighted by atomic mass is 9.89. The van der Waals surface area contributed by atoms with Crippen LogP contribution in [0.2, 0.25) is 0 Å². The Bertz CT molecular complexity index is 464. The Kier molecular flexibility index (Phi) is 3.98. The third-order valence-corrected chi connectivity index (χ3v) is 3.31. The Morgan fingerprint density at radius 3 is 2.06 bits per heavy atom. The van der Waals surface area contributed by atoms with Crippen LogP contribution in [-0.2, 0) is 4.74 Å². The third-order valence-electron chi connectivity index (χ3n) is 2.94. The van der Waals surface area contributed by atoms with Crippen molar-refractivity contribution in [2.45, 2.75) is 33.6 Å². The van der Waals surface area contributed by atoms with Gasteiger partial charge in [-0.05, 0) is 43.1 Å². The van der Waals surface area contributed by atoms with Crippen LogP contribution in [0.4, 0.5) is 0 Å². The van der Waals surface area contributed by atoms with Crippen LogP contribution in [0.1, 0.15) is 42.0 Å². The molecule has 0 amide bonds. The summed E-state index contributed by atoms with van der Waals surface area (Å²) in [6.07, 6.45) is 0. The van der Waals surface area contributed by atoms with Crippen LogP contribution < -0.4 is 0 Å². The minimum absolute atomic E-state index is 0.00338. The van der Waals surface area contributed by atoms with Crippen molar-refractivity contribution in [3.8, 4) is 11.5 Å². The van der Waals surface area contributed by atoms with Crippen LogP contribution in [0.3, 0.4) is 0 Å². The van der Waals surface area contributed by atoms with Crippen molar-refractivity contribution in [3.05, 3.63) is 22.3 Å². The van der Waals surface area contributed by atoms with Crippen LogP contribution >= 0.6 is 12.2 Å². The highest BCUT2D eigenvalue weighted by molar-refractivity contribution is 7.80. The quantitative estimate of drug-likeness (QED) is 0.796. The van der Waals surface area contributed by atoms with Gasteiger partial charge in [0.2, 0.25) is 0 Å². The summed E-state index contributed by atoms with van der Waals surface area (Å²) in [6.45, 7) is 7.44. The average molecular weight is 254 g/mol.